The first-order valence-electron chi connectivity index (χ1n) is 13.9. The van der Waals surface area contributed by atoms with Crippen molar-refractivity contribution in [2.24, 2.45) is 0 Å². The Bertz CT molecular complexity index is 1110. The van der Waals surface area contributed by atoms with E-state index in [1.807, 2.05) is 18.2 Å². The Hall–Kier alpha value is -2.58. The van der Waals surface area contributed by atoms with Crippen molar-refractivity contribution in [3.05, 3.63) is 45.1 Å². The van der Waals surface area contributed by atoms with Gasteiger partial charge in [-0.25, -0.2) is 0 Å². The fourth-order valence-corrected chi connectivity index (χ4v) is 6.12. The molecule has 0 saturated carbocycles. The van der Waals surface area contributed by atoms with Gasteiger partial charge in [0.15, 0.2) is 0 Å². The molecule has 38 heavy (non-hydrogen) atoms. The molecule has 2 amide bonds. The van der Waals surface area contributed by atoms with Crippen molar-refractivity contribution < 1.29 is 19.1 Å². The van der Waals surface area contributed by atoms with Crippen LogP contribution in [-0.2, 0) is 14.3 Å². The zero-order valence-corrected chi connectivity index (χ0v) is 23.7. The van der Waals surface area contributed by atoms with Gasteiger partial charge in [-0.3, -0.25) is 14.4 Å². The van der Waals surface area contributed by atoms with Gasteiger partial charge in [0.2, 0.25) is 5.91 Å². The maximum absolute atomic E-state index is 12.8. The number of hydrogen-bond donors (Lipinski definition) is 2. The fourth-order valence-electron chi connectivity index (χ4n) is 5.16. The highest BCUT2D eigenvalue weighted by Gasteiger charge is 2.36. The van der Waals surface area contributed by atoms with E-state index in [1.165, 1.54) is 30.6 Å². The highest BCUT2D eigenvalue weighted by atomic mass is 35.5. The van der Waals surface area contributed by atoms with E-state index in [0.717, 1.165) is 62.1 Å². The van der Waals surface area contributed by atoms with E-state index in [9.17, 15) is 14.4 Å². The van der Waals surface area contributed by atoms with Gasteiger partial charge in [-0.1, -0.05) is 50.3 Å². The summed E-state index contributed by atoms with van der Waals surface area (Å²) in [6.45, 7) is 4.34. The Morgan fingerprint density at radius 1 is 1.08 bits per heavy atom. The van der Waals surface area contributed by atoms with Crippen LogP contribution in [0.5, 0.6) is 0 Å². The summed E-state index contributed by atoms with van der Waals surface area (Å²) in [5.74, 6) is -0.956. The second-order valence-corrected chi connectivity index (χ2v) is 11.9. The number of thiophene rings is 1. The van der Waals surface area contributed by atoms with E-state index in [1.54, 1.807) is 12.1 Å². The number of piperidine rings is 1. The SMILES string of the molecule is CCCCCCCC(=O)Nc1cc(C2CC(CNC(=O)c3ccc(Cl)s3)OC2=O)ccc1N1CCCCC1. The van der Waals surface area contributed by atoms with Crippen LogP contribution >= 0.6 is 22.9 Å². The molecule has 4 rings (SSSR count). The number of halogens is 1. The third-order valence-corrected chi connectivity index (χ3v) is 8.48. The Kier molecular flexibility index (Phi) is 10.5. The van der Waals surface area contributed by atoms with Gasteiger partial charge in [-0.05, 0) is 55.5 Å². The number of unbranched alkanes of at least 4 members (excludes halogenated alkanes) is 4. The summed E-state index contributed by atoms with van der Waals surface area (Å²) in [4.78, 5) is 40.8. The number of nitrogens with zero attached hydrogens (tertiary/aromatic N) is 1. The van der Waals surface area contributed by atoms with Crippen LogP contribution in [0.15, 0.2) is 30.3 Å². The third-order valence-electron chi connectivity index (χ3n) is 7.25. The Balaban J connectivity index is 1.41. The number of cyclic esters (lactones) is 1. The van der Waals surface area contributed by atoms with Gasteiger partial charge in [0.25, 0.3) is 5.91 Å². The molecule has 2 atom stereocenters. The maximum atomic E-state index is 12.8. The lowest BCUT2D eigenvalue weighted by molar-refractivity contribution is -0.142. The number of carbonyl (C=O) groups is 3. The predicted octanol–water partition coefficient (Wildman–Crippen LogP) is 6.52. The molecule has 2 N–H and O–H groups in total. The van der Waals surface area contributed by atoms with Crippen molar-refractivity contribution in [3.8, 4) is 0 Å². The molecule has 206 valence electrons. The summed E-state index contributed by atoms with van der Waals surface area (Å²) >= 11 is 7.14. The van der Waals surface area contributed by atoms with Crippen molar-refractivity contribution in [2.75, 3.05) is 29.9 Å². The zero-order valence-electron chi connectivity index (χ0n) is 22.1. The van der Waals surface area contributed by atoms with Crippen molar-refractivity contribution in [2.45, 2.75) is 83.2 Å². The third kappa shape index (κ3) is 7.73. The summed E-state index contributed by atoms with van der Waals surface area (Å²) in [7, 11) is 0. The minimum atomic E-state index is -0.437. The molecule has 0 radical (unpaired) electrons. The quantitative estimate of drug-likeness (QED) is 0.228. The summed E-state index contributed by atoms with van der Waals surface area (Å²) in [5.41, 5.74) is 2.60. The molecule has 1 aromatic heterocycles. The predicted molar refractivity (Wildman–Crippen MR) is 153 cm³/mol. The number of nitrogens with one attached hydrogen (secondary N) is 2. The molecule has 2 saturated heterocycles. The topological polar surface area (TPSA) is 87.7 Å². The van der Waals surface area contributed by atoms with Gasteiger partial charge in [-0.2, -0.15) is 0 Å². The van der Waals surface area contributed by atoms with E-state index < -0.39 is 12.0 Å². The standard InChI is InChI=1S/C29H38ClN3O4S/c1-2-3-4-5-7-10-27(34)32-23-17-20(11-12-24(23)33-15-8-6-9-16-33)22-18-21(37-29(22)36)19-31-28(35)25-13-14-26(30)38-25/h11-14,17,21-22H,2-10,15-16,18-19H2,1H3,(H,31,35)(H,32,34). The molecule has 3 heterocycles. The Labute approximate surface area is 234 Å². The van der Waals surface area contributed by atoms with E-state index in [0.29, 0.717) is 22.1 Å². The van der Waals surface area contributed by atoms with E-state index in [4.69, 9.17) is 16.3 Å². The lowest BCUT2D eigenvalue weighted by atomic mass is 9.94. The number of esters is 1. The molecule has 0 spiro atoms. The smallest absolute Gasteiger partial charge is 0.313 e. The van der Waals surface area contributed by atoms with Crippen LogP contribution in [0.25, 0.3) is 0 Å². The van der Waals surface area contributed by atoms with Crippen LogP contribution in [0.2, 0.25) is 4.34 Å². The Morgan fingerprint density at radius 2 is 1.87 bits per heavy atom. The fraction of sp³-hybridized carbons (Fsp3) is 0.552. The van der Waals surface area contributed by atoms with Gasteiger partial charge < -0.3 is 20.3 Å². The highest BCUT2D eigenvalue weighted by molar-refractivity contribution is 7.18. The van der Waals surface area contributed by atoms with Crippen LogP contribution in [0.4, 0.5) is 11.4 Å². The van der Waals surface area contributed by atoms with E-state index >= 15 is 0 Å². The van der Waals surface area contributed by atoms with Crippen LogP contribution in [0.1, 0.15) is 92.3 Å². The largest absolute Gasteiger partial charge is 0.460 e. The van der Waals surface area contributed by atoms with Crippen molar-refractivity contribution in [3.63, 3.8) is 0 Å². The zero-order chi connectivity index (χ0) is 26.9. The molecule has 2 aliphatic rings. The number of rotatable bonds is 12. The van der Waals surface area contributed by atoms with E-state index in [2.05, 4.69) is 22.5 Å². The average molecular weight is 560 g/mol. The normalized spacial score (nSPS) is 19.3. The van der Waals surface area contributed by atoms with Crippen LogP contribution in [-0.4, -0.2) is 43.5 Å². The van der Waals surface area contributed by atoms with Crippen molar-refractivity contribution in [1.82, 2.24) is 5.32 Å². The average Bonchev–Trinajstić information content (AvgIpc) is 3.53. The molecular weight excluding hydrogens is 522 g/mol. The Morgan fingerprint density at radius 3 is 2.61 bits per heavy atom. The van der Waals surface area contributed by atoms with Gasteiger partial charge in [0.05, 0.1) is 33.1 Å². The minimum absolute atomic E-state index is 0.0141. The molecule has 2 aliphatic heterocycles. The first kappa shape index (κ1) is 28.4. The summed E-state index contributed by atoms with van der Waals surface area (Å²) in [6.07, 6.45) is 9.52. The van der Waals surface area contributed by atoms with Gasteiger partial charge in [0, 0.05) is 25.9 Å². The number of amides is 2. The monoisotopic (exact) mass is 559 g/mol. The summed E-state index contributed by atoms with van der Waals surface area (Å²) in [6, 6.07) is 9.31. The number of ether oxygens (including phenoxy) is 1. The first-order valence-corrected chi connectivity index (χ1v) is 15.1. The molecular formula is C29H38ClN3O4S. The summed E-state index contributed by atoms with van der Waals surface area (Å²) < 4.78 is 6.15. The molecule has 2 unspecified atom stereocenters. The molecule has 2 aromatic rings. The van der Waals surface area contributed by atoms with Gasteiger partial charge in [0.1, 0.15) is 6.10 Å². The van der Waals surface area contributed by atoms with Crippen molar-refractivity contribution >= 4 is 52.1 Å². The lowest BCUT2D eigenvalue weighted by Gasteiger charge is -2.31. The number of anilines is 2. The number of hydrogen-bond acceptors (Lipinski definition) is 6. The molecule has 0 aliphatic carbocycles. The second-order valence-electron chi connectivity index (χ2n) is 10.2. The van der Waals surface area contributed by atoms with Crippen LogP contribution in [0, 0.1) is 0 Å². The second kappa shape index (κ2) is 14.0. The summed E-state index contributed by atoms with van der Waals surface area (Å²) in [5, 5.41) is 5.99. The molecule has 9 heteroatoms. The van der Waals surface area contributed by atoms with Gasteiger partial charge >= 0.3 is 5.97 Å². The molecule has 2 fully saturated rings. The number of carbonyl (C=O) groups excluding carboxylic acids is 3. The molecule has 1 aromatic carbocycles. The van der Waals surface area contributed by atoms with E-state index in [-0.39, 0.29) is 24.3 Å². The van der Waals surface area contributed by atoms with Crippen molar-refractivity contribution in [1.29, 1.82) is 0 Å². The lowest BCUT2D eigenvalue weighted by Crippen LogP contribution is -2.31. The highest BCUT2D eigenvalue weighted by Crippen LogP contribution is 2.36. The molecule has 0 bridgehead atoms. The first-order chi connectivity index (χ1) is 18.4. The number of benzene rings is 1. The maximum Gasteiger partial charge on any atom is 0.313 e. The van der Waals surface area contributed by atoms with Gasteiger partial charge in [-0.15, -0.1) is 11.3 Å². The minimum Gasteiger partial charge on any atom is -0.460 e. The molecule has 7 nitrogen and oxygen atoms in total. The van der Waals surface area contributed by atoms with Crippen LogP contribution in [0.3, 0.4) is 0 Å². The van der Waals surface area contributed by atoms with Crippen LogP contribution < -0.4 is 15.5 Å².